The molecule has 7 heteroatoms. The van der Waals surface area contributed by atoms with Crippen LogP contribution in [0.3, 0.4) is 0 Å². The number of benzene rings is 2. The summed E-state index contributed by atoms with van der Waals surface area (Å²) in [6.45, 7) is -0.233. The Hall–Kier alpha value is -2.93. The highest BCUT2D eigenvalue weighted by Gasteiger charge is 2.06. The molecular formula is C19H20N2O4S. The number of methoxy groups -OCH3 is 1. The zero-order chi connectivity index (χ0) is 18.9. The Balaban J connectivity index is 2.04. The number of carbonyl (C=O) groups is 2. The van der Waals surface area contributed by atoms with Crippen molar-refractivity contribution in [2.75, 3.05) is 25.3 Å². The van der Waals surface area contributed by atoms with Crippen LogP contribution in [-0.4, -0.2) is 31.8 Å². The first kappa shape index (κ1) is 19.4. The van der Waals surface area contributed by atoms with Crippen LogP contribution in [0.5, 0.6) is 11.5 Å². The Bertz CT molecular complexity index is 821. The second kappa shape index (κ2) is 9.53. The summed E-state index contributed by atoms with van der Waals surface area (Å²) in [4.78, 5) is 24.0. The van der Waals surface area contributed by atoms with Gasteiger partial charge in [-0.1, -0.05) is 12.1 Å². The Labute approximate surface area is 156 Å². The molecule has 0 fully saturated rings. The number of primary amides is 1. The third-order valence-electron chi connectivity index (χ3n) is 3.32. The molecule has 0 aliphatic heterocycles. The molecule has 0 saturated carbocycles. The maximum Gasteiger partial charge on any atom is 0.255 e. The number of hydrogen-bond acceptors (Lipinski definition) is 5. The van der Waals surface area contributed by atoms with Gasteiger partial charge in [0, 0.05) is 16.7 Å². The van der Waals surface area contributed by atoms with E-state index in [9.17, 15) is 9.59 Å². The van der Waals surface area contributed by atoms with Gasteiger partial charge in [0.1, 0.15) is 0 Å². The number of rotatable bonds is 8. The predicted molar refractivity (Wildman–Crippen MR) is 104 cm³/mol. The minimum atomic E-state index is -0.571. The molecule has 2 aromatic carbocycles. The Morgan fingerprint density at radius 2 is 2.00 bits per heavy atom. The van der Waals surface area contributed by atoms with Crippen LogP contribution in [0, 0.1) is 0 Å². The second-order valence-electron chi connectivity index (χ2n) is 5.22. The average Bonchev–Trinajstić information content (AvgIpc) is 2.65. The van der Waals surface area contributed by atoms with Crippen LogP contribution in [0.1, 0.15) is 5.56 Å². The number of nitrogens with two attached hydrogens (primary N) is 1. The fourth-order valence-corrected chi connectivity index (χ4v) is 2.57. The van der Waals surface area contributed by atoms with Gasteiger partial charge in [0.25, 0.3) is 5.91 Å². The monoisotopic (exact) mass is 372 g/mol. The summed E-state index contributed by atoms with van der Waals surface area (Å²) in [6, 6.07) is 12.7. The van der Waals surface area contributed by atoms with Gasteiger partial charge in [0.15, 0.2) is 18.1 Å². The van der Waals surface area contributed by atoms with Crippen molar-refractivity contribution in [2.45, 2.75) is 4.90 Å². The number of anilines is 1. The summed E-state index contributed by atoms with van der Waals surface area (Å²) < 4.78 is 10.5. The first-order valence-corrected chi connectivity index (χ1v) is 8.96. The quantitative estimate of drug-likeness (QED) is 0.549. The van der Waals surface area contributed by atoms with E-state index in [2.05, 4.69) is 5.32 Å². The molecular weight excluding hydrogens is 352 g/mol. The number of amides is 2. The van der Waals surface area contributed by atoms with Crippen molar-refractivity contribution < 1.29 is 19.1 Å². The fraction of sp³-hybridized carbons (Fsp3) is 0.158. The Morgan fingerprint density at radius 3 is 2.69 bits per heavy atom. The topological polar surface area (TPSA) is 90.7 Å². The van der Waals surface area contributed by atoms with Crippen LogP contribution in [0.2, 0.25) is 0 Å². The van der Waals surface area contributed by atoms with Crippen LogP contribution in [0.25, 0.3) is 6.08 Å². The van der Waals surface area contributed by atoms with Crippen molar-refractivity contribution in [1.82, 2.24) is 0 Å². The number of thioether (sulfide) groups is 1. The molecule has 0 spiro atoms. The molecule has 6 nitrogen and oxygen atoms in total. The minimum Gasteiger partial charge on any atom is -0.493 e. The largest absolute Gasteiger partial charge is 0.493 e. The molecule has 136 valence electrons. The molecule has 0 bridgehead atoms. The molecule has 3 N–H and O–H groups in total. The number of nitrogens with one attached hydrogen (secondary N) is 1. The van der Waals surface area contributed by atoms with Gasteiger partial charge in [-0.3, -0.25) is 9.59 Å². The molecule has 0 aliphatic rings. The molecule has 0 aliphatic carbocycles. The molecule has 2 aromatic rings. The summed E-state index contributed by atoms with van der Waals surface area (Å²) in [5.74, 6) is 0.0396. The van der Waals surface area contributed by atoms with E-state index in [-0.39, 0.29) is 12.5 Å². The van der Waals surface area contributed by atoms with Gasteiger partial charge < -0.3 is 20.5 Å². The molecule has 0 saturated heterocycles. The van der Waals surface area contributed by atoms with Crippen LogP contribution in [0.4, 0.5) is 5.69 Å². The van der Waals surface area contributed by atoms with Gasteiger partial charge in [0.2, 0.25) is 5.91 Å². The molecule has 0 aromatic heterocycles. The zero-order valence-electron chi connectivity index (χ0n) is 14.5. The highest BCUT2D eigenvalue weighted by atomic mass is 32.2. The lowest BCUT2D eigenvalue weighted by molar-refractivity contribution is -0.120. The average molecular weight is 372 g/mol. The van der Waals surface area contributed by atoms with E-state index >= 15 is 0 Å². The highest BCUT2D eigenvalue weighted by Crippen LogP contribution is 2.28. The van der Waals surface area contributed by atoms with E-state index in [0.717, 1.165) is 16.1 Å². The molecule has 2 amide bonds. The minimum absolute atomic E-state index is 0.233. The molecule has 0 unspecified atom stereocenters. The third-order valence-corrected chi connectivity index (χ3v) is 4.05. The standard InChI is InChI=1S/C19H20N2O4S/c1-24-17-10-13(6-8-16(17)25-12-18(20)22)7-9-19(23)21-14-4-3-5-15(11-14)26-2/h3-11H,12H2,1-2H3,(H2,20,22)(H,21,23)/b9-7+. The van der Waals surface area contributed by atoms with Crippen molar-refractivity contribution in [1.29, 1.82) is 0 Å². The lowest BCUT2D eigenvalue weighted by Crippen LogP contribution is -2.20. The maximum atomic E-state index is 12.1. The van der Waals surface area contributed by atoms with Crippen molar-refractivity contribution in [3.63, 3.8) is 0 Å². The fourth-order valence-electron chi connectivity index (χ4n) is 2.11. The van der Waals surface area contributed by atoms with E-state index in [1.165, 1.54) is 13.2 Å². The normalized spacial score (nSPS) is 10.5. The van der Waals surface area contributed by atoms with Crippen LogP contribution in [0.15, 0.2) is 53.4 Å². The maximum absolute atomic E-state index is 12.1. The van der Waals surface area contributed by atoms with Crippen LogP contribution in [-0.2, 0) is 9.59 Å². The summed E-state index contributed by atoms with van der Waals surface area (Å²) in [5, 5.41) is 2.81. The van der Waals surface area contributed by atoms with Crippen LogP contribution >= 0.6 is 11.8 Å². The van der Waals surface area contributed by atoms with E-state index < -0.39 is 5.91 Å². The van der Waals surface area contributed by atoms with Gasteiger partial charge in [0.05, 0.1) is 7.11 Å². The molecule has 0 heterocycles. The SMILES string of the molecule is COc1cc(/C=C/C(=O)Nc2cccc(SC)c2)ccc1OCC(N)=O. The summed E-state index contributed by atoms with van der Waals surface area (Å²) in [5.41, 5.74) is 6.55. The van der Waals surface area contributed by atoms with Crippen molar-refractivity contribution >= 4 is 35.3 Å². The van der Waals surface area contributed by atoms with E-state index in [1.54, 1.807) is 36.0 Å². The van der Waals surface area contributed by atoms with Crippen molar-refractivity contribution in [3.8, 4) is 11.5 Å². The Kier molecular flexibility index (Phi) is 7.11. The summed E-state index contributed by atoms with van der Waals surface area (Å²) in [6.07, 6.45) is 5.07. The second-order valence-corrected chi connectivity index (χ2v) is 6.10. The van der Waals surface area contributed by atoms with Gasteiger partial charge in [-0.05, 0) is 48.2 Å². The Morgan fingerprint density at radius 1 is 1.19 bits per heavy atom. The van der Waals surface area contributed by atoms with E-state index in [1.807, 2.05) is 30.5 Å². The van der Waals surface area contributed by atoms with E-state index in [0.29, 0.717) is 11.5 Å². The predicted octanol–water partition coefficient (Wildman–Crippen LogP) is 2.93. The number of ether oxygens (including phenoxy) is 2. The molecule has 0 atom stereocenters. The van der Waals surface area contributed by atoms with Gasteiger partial charge in [-0.25, -0.2) is 0 Å². The third kappa shape index (κ3) is 5.86. The summed E-state index contributed by atoms with van der Waals surface area (Å²) in [7, 11) is 1.49. The van der Waals surface area contributed by atoms with Gasteiger partial charge in [-0.2, -0.15) is 0 Å². The first-order chi connectivity index (χ1) is 12.5. The first-order valence-electron chi connectivity index (χ1n) is 7.74. The summed E-state index contributed by atoms with van der Waals surface area (Å²) >= 11 is 1.61. The molecule has 26 heavy (non-hydrogen) atoms. The van der Waals surface area contributed by atoms with Crippen molar-refractivity contribution in [3.05, 3.63) is 54.1 Å². The molecule has 0 radical (unpaired) electrons. The zero-order valence-corrected chi connectivity index (χ0v) is 15.3. The number of carbonyl (C=O) groups excluding carboxylic acids is 2. The highest BCUT2D eigenvalue weighted by molar-refractivity contribution is 7.98. The van der Waals surface area contributed by atoms with E-state index in [4.69, 9.17) is 15.2 Å². The van der Waals surface area contributed by atoms with Gasteiger partial charge >= 0.3 is 0 Å². The van der Waals surface area contributed by atoms with Crippen molar-refractivity contribution in [2.24, 2.45) is 5.73 Å². The number of hydrogen-bond donors (Lipinski definition) is 2. The lowest BCUT2D eigenvalue weighted by atomic mass is 10.2. The van der Waals surface area contributed by atoms with Gasteiger partial charge in [-0.15, -0.1) is 11.8 Å². The lowest BCUT2D eigenvalue weighted by Gasteiger charge is -2.10. The van der Waals surface area contributed by atoms with Crippen LogP contribution < -0.4 is 20.5 Å². The molecule has 2 rings (SSSR count). The smallest absolute Gasteiger partial charge is 0.255 e.